The average Bonchev–Trinajstić information content (AvgIpc) is 2.60. The Bertz CT molecular complexity index is 903. The van der Waals surface area contributed by atoms with E-state index in [0.29, 0.717) is 33.1 Å². The molecule has 0 aliphatic rings. The van der Waals surface area contributed by atoms with E-state index in [-0.39, 0.29) is 0 Å². The third-order valence-electron chi connectivity index (χ3n) is 4.39. The molecule has 2 nitrogen and oxygen atoms in total. The number of carbonyl (C=O) groups excluding carboxylic acids is 1. The summed E-state index contributed by atoms with van der Waals surface area (Å²) in [5, 5.41) is 0.661. The van der Waals surface area contributed by atoms with Gasteiger partial charge in [-0.15, -0.1) is 0 Å². The Morgan fingerprint density at radius 1 is 1.17 bits per heavy atom. The molecule has 1 heterocycles. The van der Waals surface area contributed by atoms with Crippen LogP contribution in [0.3, 0.4) is 0 Å². The molecule has 0 fully saturated rings. The fourth-order valence-corrected chi connectivity index (χ4v) is 3.12. The first-order valence-corrected chi connectivity index (χ1v) is 8.66. The van der Waals surface area contributed by atoms with E-state index in [1.54, 1.807) is 24.3 Å². The highest BCUT2D eigenvalue weighted by molar-refractivity contribution is 6.68. The Morgan fingerprint density at radius 2 is 1.88 bits per heavy atom. The first-order valence-electron chi connectivity index (χ1n) is 7.90. The van der Waals surface area contributed by atoms with Gasteiger partial charge in [0.05, 0.1) is 16.2 Å². The Kier molecular flexibility index (Phi) is 4.88. The van der Waals surface area contributed by atoms with Gasteiger partial charge in [-0.25, -0.2) is 4.98 Å². The van der Waals surface area contributed by atoms with E-state index in [1.807, 2.05) is 12.1 Å². The molecule has 0 aliphatic carbocycles. The average molecular weight is 358 g/mol. The number of hydrogen-bond donors (Lipinski definition) is 0. The molecule has 4 heteroatoms. The summed E-state index contributed by atoms with van der Waals surface area (Å²) in [4.78, 5) is 16.5. The number of rotatable bonds is 4. The van der Waals surface area contributed by atoms with E-state index in [4.69, 9.17) is 23.2 Å². The number of halogens is 2. The second kappa shape index (κ2) is 6.92. The third kappa shape index (κ3) is 3.17. The molecule has 0 amide bonds. The highest BCUT2D eigenvalue weighted by Crippen LogP contribution is 2.30. The van der Waals surface area contributed by atoms with Gasteiger partial charge >= 0.3 is 0 Å². The highest BCUT2D eigenvalue weighted by atomic mass is 35.5. The lowest BCUT2D eigenvalue weighted by Gasteiger charge is -2.11. The SMILES string of the molecule is CCC(C)c1ccc(-c2cc(C(=O)Cl)c3cccc(Cl)c3n2)cc1. The largest absolute Gasteiger partial charge is 0.276 e. The van der Waals surface area contributed by atoms with Crippen LogP contribution in [0.15, 0.2) is 48.5 Å². The lowest BCUT2D eigenvalue weighted by atomic mass is 9.96. The van der Waals surface area contributed by atoms with E-state index < -0.39 is 5.24 Å². The van der Waals surface area contributed by atoms with Crippen LogP contribution in [0.2, 0.25) is 5.02 Å². The van der Waals surface area contributed by atoms with Crippen LogP contribution in [-0.4, -0.2) is 10.2 Å². The van der Waals surface area contributed by atoms with Crippen molar-refractivity contribution in [3.8, 4) is 11.3 Å². The minimum atomic E-state index is -0.512. The van der Waals surface area contributed by atoms with Crippen molar-refractivity contribution in [2.24, 2.45) is 0 Å². The van der Waals surface area contributed by atoms with Crippen molar-refractivity contribution in [1.82, 2.24) is 4.98 Å². The van der Waals surface area contributed by atoms with Gasteiger partial charge in [-0.05, 0) is 41.6 Å². The molecule has 122 valence electrons. The van der Waals surface area contributed by atoms with Crippen LogP contribution in [-0.2, 0) is 0 Å². The van der Waals surface area contributed by atoms with Crippen LogP contribution in [0.1, 0.15) is 42.1 Å². The first kappa shape index (κ1) is 16.9. The number of fused-ring (bicyclic) bond motifs is 1. The van der Waals surface area contributed by atoms with Gasteiger partial charge in [0.25, 0.3) is 5.24 Å². The predicted octanol–water partition coefficient (Wildman–Crippen LogP) is 6.45. The quantitative estimate of drug-likeness (QED) is 0.502. The molecule has 0 bridgehead atoms. The van der Waals surface area contributed by atoms with Crippen molar-refractivity contribution in [3.05, 3.63) is 64.7 Å². The predicted molar refractivity (Wildman–Crippen MR) is 101 cm³/mol. The minimum Gasteiger partial charge on any atom is -0.276 e. The Balaban J connectivity index is 2.16. The number of benzene rings is 2. The molecular weight excluding hydrogens is 341 g/mol. The van der Waals surface area contributed by atoms with E-state index in [0.717, 1.165) is 12.0 Å². The molecule has 1 aromatic heterocycles. The van der Waals surface area contributed by atoms with Crippen LogP contribution in [0.5, 0.6) is 0 Å². The van der Waals surface area contributed by atoms with Crippen LogP contribution < -0.4 is 0 Å². The Labute approximate surface area is 151 Å². The van der Waals surface area contributed by atoms with Gasteiger partial charge in [0.15, 0.2) is 0 Å². The summed E-state index contributed by atoms with van der Waals surface area (Å²) < 4.78 is 0. The monoisotopic (exact) mass is 357 g/mol. The molecule has 2 aromatic carbocycles. The standard InChI is InChI=1S/C20H17Cl2NO/c1-3-12(2)13-7-9-14(10-8-13)18-11-16(20(22)24)15-5-4-6-17(21)19(15)23-18/h4-12H,3H2,1-2H3. The van der Waals surface area contributed by atoms with Crippen molar-refractivity contribution in [1.29, 1.82) is 0 Å². The maximum absolute atomic E-state index is 11.8. The van der Waals surface area contributed by atoms with Crippen LogP contribution in [0, 0.1) is 0 Å². The number of para-hydroxylation sites is 1. The summed E-state index contributed by atoms with van der Waals surface area (Å²) in [6.45, 7) is 4.37. The van der Waals surface area contributed by atoms with E-state index in [1.165, 1.54) is 5.56 Å². The fraction of sp³-hybridized carbons (Fsp3) is 0.200. The van der Waals surface area contributed by atoms with Crippen molar-refractivity contribution in [2.75, 3.05) is 0 Å². The highest BCUT2D eigenvalue weighted by Gasteiger charge is 2.14. The Hall–Kier alpha value is -1.90. The van der Waals surface area contributed by atoms with Crippen LogP contribution >= 0.6 is 23.2 Å². The number of carbonyl (C=O) groups is 1. The van der Waals surface area contributed by atoms with Crippen molar-refractivity contribution in [3.63, 3.8) is 0 Å². The molecule has 0 spiro atoms. The maximum atomic E-state index is 11.8. The molecule has 0 saturated heterocycles. The topological polar surface area (TPSA) is 30.0 Å². The van der Waals surface area contributed by atoms with Crippen molar-refractivity contribution >= 4 is 39.3 Å². The summed E-state index contributed by atoms with van der Waals surface area (Å²) in [6.07, 6.45) is 1.09. The van der Waals surface area contributed by atoms with E-state index >= 15 is 0 Å². The molecule has 0 N–H and O–H groups in total. The van der Waals surface area contributed by atoms with E-state index in [9.17, 15) is 4.79 Å². The summed E-state index contributed by atoms with van der Waals surface area (Å²) in [5.41, 5.74) is 3.92. The van der Waals surface area contributed by atoms with Gasteiger partial charge in [-0.2, -0.15) is 0 Å². The first-order chi connectivity index (χ1) is 11.5. The number of pyridine rings is 1. The van der Waals surface area contributed by atoms with Gasteiger partial charge in [0.1, 0.15) is 0 Å². The van der Waals surface area contributed by atoms with Gasteiger partial charge in [0.2, 0.25) is 0 Å². The molecule has 1 unspecified atom stereocenters. The second-order valence-electron chi connectivity index (χ2n) is 5.90. The number of hydrogen-bond acceptors (Lipinski definition) is 2. The van der Waals surface area contributed by atoms with Crippen molar-refractivity contribution in [2.45, 2.75) is 26.2 Å². The molecule has 3 rings (SSSR count). The zero-order valence-corrected chi connectivity index (χ0v) is 15.0. The summed E-state index contributed by atoms with van der Waals surface area (Å²) in [5.74, 6) is 0.512. The lowest BCUT2D eigenvalue weighted by molar-refractivity contribution is 0.108. The fourth-order valence-electron chi connectivity index (χ4n) is 2.74. The van der Waals surface area contributed by atoms with Gasteiger partial charge in [0, 0.05) is 16.5 Å². The molecule has 0 aliphatic heterocycles. The molecule has 3 aromatic rings. The normalized spacial score (nSPS) is 12.3. The summed E-state index contributed by atoms with van der Waals surface area (Å²) >= 11 is 12.0. The molecule has 0 radical (unpaired) electrons. The Morgan fingerprint density at radius 3 is 2.50 bits per heavy atom. The lowest BCUT2D eigenvalue weighted by Crippen LogP contribution is -1.97. The maximum Gasteiger partial charge on any atom is 0.253 e. The smallest absolute Gasteiger partial charge is 0.253 e. The zero-order valence-electron chi connectivity index (χ0n) is 13.5. The zero-order chi connectivity index (χ0) is 17.3. The van der Waals surface area contributed by atoms with Gasteiger partial charge in [-0.3, -0.25) is 4.79 Å². The number of aromatic nitrogens is 1. The van der Waals surface area contributed by atoms with Crippen molar-refractivity contribution < 1.29 is 4.79 Å². The summed E-state index contributed by atoms with van der Waals surface area (Å²) in [6, 6.07) is 15.3. The molecule has 1 atom stereocenters. The minimum absolute atomic E-state index is 0.421. The van der Waals surface area contributed by atoms with Gasteiger partial charge in [-0.1, -0.05) is 61.8 Å². The molecule has 0 saturated carbocycles. The van der Waals surface area contributed by atoms with Crippen LogP contribution in [0.4, 0.5) is 0 Å². The molecular formula is C20H17Cl2NO. The summed E-state index contributed by atoms with van der Waals surface area (Å²) in [7, 11) is 0. The van der Waals surface area contributed by atoms with Crippen LogP contribution in [0.25, 0.3) is 22.2 Å². The third-order valence-corrected chi connectivity index (χ3v) is 4.90. The van der Waals surface area contributed by atoms with Gasteiger partial charge < -0.3 is 0 Å². The number of nitrogens with zero attached hydrogens (tertiary/aromatic N) is 1. The molecule has 24 heavy (non-hydrogen) atoms. The second-order valence-corrected chi connectivity index (χ2v) is 6.65. The van der Waals surface area contributed by atoms with E-state index in [2.05, 4.69) is 31.0 Å².